The predicted octanol–water partition coefficient (Wildman–Crippen LogP) is 6.24. The van der Waals surface area contributed by atoms with Crippen LogP contribution in [0.15, 0.2) is 109 Å². The zero-order chi connectivity index (χ0) is 29.0. The van der Waals surface area contributed by atoms with E-state index in [2.05, 4.69) is 5.32 Å². The molecule has 0 spiro atoms. The first-order valence-electron chi connectivity index (χ1n) is 13.7. The molecule has 41 heavy (non-hydrogen) atoms. The van der Waals surface area contributed by atoms with Crippen LogP contribution in [0.25, 0.3) is 0 Å². The Labute approximate surface area is 240 Å². The molecule has 4 rings (SSSR count). The smallest absolute Gasteiger partial charge is 0.326 e. The van der Waals surface area contributed by atoms with Crippen molar-refractivity contribution in [1.82, 2.24) is 0 Å². The highest BCUT2D eigenvalue weighted by Gasteiger charge is 2.21. The van der Waals surface area contributed by atoms with Gasteiger partial charge in [-0.3, -0.25) is 9.59 Å². The number of para-hydroxylation sites is 2. The van der Waals surface area contributed by atoms with Crippen LogP contribution >= 0.6 is 0 Å². The number of carbonyl (C=O) groups is 3. The Hall–Kier alpha value is -4.91. The molecule has 2 N–H and O–H groups in total. The van der Waals surface area contributed by atoms with Gasteiger partial charge in [0.05, 0.1) is 6.61 Å². The number of hydrogen-bond acceptors (Lipinski definition) is 5. The fourth-order valence-corrected chi connectivity index (χ4v) is 4.51. The lowest BCUT2D eigenvalue weighted by molar-refractivity contribution is -0.137. The van der Waals surface area contributed by atoms with Crippen molar-refractivity contribution in [2.45, 2.75) is 32.2 Å². The summed E-state index contributed by atoms with van der Waals surface area (Å²) < 4.78 is 5.89. The van der Waals surface area contributed by atoms with E-state index in [4.69, 9.17) is 4.74 Å². The van der Waals surface area contributed by atoms with Crippen molar-refractivity contribution in [2.75, 3.05) is 23.4 Å². The summed E-state index contributed by atoms with van der Waals surface area (Å²) in [6.45, 7) is 2.84. The Morgan fingerprint density at radius 1 is 0.829 bits per heavy atom. The van der Waals surface area contributed by atoms with Crippen LogP contribution in [0.1, 0.15) is 41.3 Å². The average Bonchev–Trinajstić information content (AvgIpc) is 3.02. The number of nitrogens with zero attached hydrogens (tertiary/aromatic N) is 1. The van der Waals surface area contributed by atoms with Crippen molar-refractivity contribution in [3.63, 3.8) is 0 Å². The molecule has 0 bridgehead atoms. The van der Waals surface area contributed by atoms with Crippen LogP contribution < -0.4 is 15.0 Å². The van der Waals surface area contributed by atoms with E-state index in [-0.39, 0.29) is 18.1 Å². The number of ether oxygens (including phenoxy) is 1. The molecule has 1 amide bonds. The van der Waals surface area contributed by atoms with Gasteiger partial charge >= 0.3 is 5.97 Å². The van der Waals surface area contributed by atoms with Crippen LogP contribution in [0.5, 0.6) is 5.75 Å². The van der Waals surface area contributed by atoms with Gasteiger partial charge in [0.25, 0.3) is 0 Å². The number of hydrogen-bond donors (Lipinski definition) is 2. The third-order valence-electron chi connectivity index (χ3n) is 6.66. The number of carboxylic acids is 1. The van der Waals surface area contributed by atoms with E-state index in [1.165, 1.54) is 0 Å². The Kier molecular flexibility index (Phi) is 10.3. The van der Waals surface area contributed by atoms with Gasteiger partial charge in [-0.05, 0) is 48.4 Å². The lowest BCUT2D eigenvalue weighted by Gasteiger charge is -2.22. The minimum atomic E-state index is -1.02. The first kappa shape index (κ1) is 29.1. The topological polar surface area (TPSA) is 95.9 Å². The van der Waals surface area contributed by atoms with Gasteiger partial charge < -0.3 is 20.1 Å². The number of amides is 1. The van der Waals surface area contributed by atoms with Gasteiger partial charge in [0.2, 0.25) is 5.91 Å². The fourth-order valence-electron chi connectivity index (χ4n) is 4.51. The van der Waals surface area contributed by atoms with Crippen molar-refractivity contribution < 1.29 is 24.2 Å². The average molecular weight is 551 g/mol. The van der Waals surface area contributed by atoms with Crippen LogP contribution in [0.4, 0.5) is 11.4 Å². The molecule has 0 saturated carbocycles. The van der Waals surface area contributed by atoms with Crippen LogP contribution in [0, 0.1) is 0 Å². The molecule has 210 valence electrons. The second-order valence-electron chi connectivity index (χ2n) is 9.56. The van der Waals surface area contributed by atoms with Gasteiger partial charge in [-0.2, -0.15) is 0 Å². The highest BCUT2D eigenvalue weighted by atomic mass is 16.5. The lowest BCUT2D eigenvalue weighted by Crippen LogP contribution is -2.32. The lowest BCUT2D eigenvalue weighted by atomic mass is 10.00. The fraction of sp³-hybridized carbons (Fsp3) is 0.206. The van der Waals surface area contributed by atoms with E-state index in [1.807, 2.05) is 67.6 Å². The molecule has 0 aliphatic heterocycles. The van der Waals surface area contributed by atoms with Crippen LogP contribution in [0.3, 0.4) is 0 Å². The third-order valence-corrected chi connectivity index (χ3v) is 6.66. The normalized spacial score (nSPS) is 11.3. The summed E-state index contributed by atoms with van der Waals surface area (Å²) in [7, 11) is 0. The van der Waals surface area contributed by atoms with E-state index in [9.17, 15) is 19.5 Å². The summed E-state index contributed by atoms with van der Waals surface area (Å²) in [5.41, 5.74) is 3.11. The molecule has 1 atom stereocenters. The van der Waals surface area contributed by atoms with Crippen LogP contribution in [-0.2, 0) is 16.0 Å². The second-order valence-corrected chi connectivity index (χ2v) is 9.56. The van der Waals surface area contributed by atoms with E-state index >= 15 is 0 Å². The Morgan fingerprint density at radius 3 is 2.12 bits per heavy atom. The van der Waals surface area contributed by atoms with Gasteiger partial charge in [-0.1, -0.05) is 79.7 Å². The Balaban J connectivity index is 1.34. The van der Waals surface area contributed by atoms with E-state index in [0.717, 1.165) is 11.3 Å². The Bertz CT molecular complexity index is 1440. The number of benzene rings is 4. The number of rotatable bonds is 14. The number of anilines is 2. The summed E-state index contributed by atoms with van der Waals surface area (Å²) in [5.74, 6) is -0.461. The third kappa shape index (κ3) is 8.05. The van der Waals surface area contributed by atoms with Crippen molar-refractivity contribution >= 4 is 29.0 Å². The molecule has 0 fully saturated rings. The van der Waals surface area contributed by atoms with Crippen LogP contribution in [0.2, 0.25) is 0 Å². The van der Waals surface area contributed by atoms with Gasteiger partial charge in [-0.25, -0.2) is 4.79 Å². The van der Waals surface area contributed by atoms with E-state index in [1.54, 1.807) is 53.4 Å². The summed E-state index contributed by atoms with van der Waals surface area (Å²) in [4.78, 5) is 39.4. The SMILES string of the molecule is CCC(=O)N(CCCOc1ccc(C[C@H](Nc2ccccc2C(=O)c2ccccc2)C(=O)O)cc1)c1ccccc1. The van der Waals surface area contributed by atoms with Crippen molar-refractivity contribution in [3.8, 4) is 5.75 Å². The molecule has 4 aromatic carbocycles. The molecule has 0 aliphatic rings. The van der Waals surface area contributed by atoms with Gasteiger partial charge in [0.1, 0.15) is 11.8 Å². The number of nitrogens with one attached hydrogen (secondary N) is 1. The van der Waals surface area contributed by atoms with Gasteiger partial charge in [0, 0.05) is 41.9 Å². The summed E-state index contributed by atoms with van der Waals surface area (Å²) >= 11 is 0. The zero-order valence-corrected chi connectivity index (χ0v) is 23.0. The van der Waals surface area contributed by atoms with Gasteiger partial charge in [0.15, 0.2) is 5.78 Å². The number of carboxylic acid groups (broad SMARTS) is 1. The number of carbonyl (C=O) groups excluding carboxylic acids is 2. The maximum absolute atomic E-state index is 13.1. The summed E-state index contributed by atoms with van der Waals surface area (Å²) in [6.07, 6.45) is 1.31. The minimum absolute atomic E-state index is 0.0641. The quantitative estimate of drug-likeness (QED) is 0.143. The number of aliphatic carboxylic acids is 1. The number of ketones is 1. The molecule has 0 aliphatic carbocycles. The van der Waals surface area contributed by atoms with Gasteiger partial charge in [-0.15, -0.1) is 0 Å². The molecule has 7 nitrogen and oxygen atoms in total. The largest absolute Gasteiger partial charge is 0.494 e. The second kappa shape index (κ2) is 14.5. The Morgan fingerprint density at radius 2 is 1.46 bits per heavy atom. The summed E-state index contributed by atoms with van der Waals surface area (Å²) in [6, 6.07) is 31.8. The monoisotopic (exact) mass is 550 g/mol. The maximum atomic E-state index is 13.1. The first-order valence-corrected chi connectivity index (χ1v) is 13.7. The molecule has 0 heterocycles. The minimum Gasteiger partial charge on any atom is -0.494 e. The van der Waals surface area contributed by atoms with Crippen LogP contribution in [-0.4, -0.2) is 42.0 Å². The molecule has 0 saturated heterocycles. The van der Waals surface area contributed by atoms with Crippen molar-refractivity contribution in [1.29, 1.82) is 0 Å². The van der Waals surface area contributed by atoms with E-state index in [0.29, 0.717) is 48.6 Å². The predicted molar refractivity (Wildman–Crippen MR) is 161 cm³/mol. The molecule has 4 aromatic rings. The van der Waals surface area contributed by atoms with Crippen molar-refractivity contribution in [2.24, 2.45) is 0 Å². The molecule has 7 heteroatoms. The molecular weight excluding hydrogens is 516 g/mol. The maximum Gasteiger partial charge on any atom is 0.326 e. The first-order chi connectivity index (χ1) is 20.0. The molecule has 0 aromatic heterocycles. The van der Waals surface area contributed by atoms with Crippen molar-refractivity contribution in [3.05, 3.63) is 126 Å². The molecular formula is C34H34N2O5. The highest BCUT2D eigenvalue weighted by molar-refractivity contribution is 6.12. The standard InChI is InChI=1S/C34H34N2O5/c1-2-32(37)36(27-14-7-4-8-15-27)22-11-23-41-28-20-18-25(19-21-28)24-31(34(39)40)35-30-17-10-9-16-29(30)33(38)26-12-5-3-6-13-26/h3-10,12-21,31,35H,2,11,22-24H2,1H3,(H,39,40)/t31-/m0/s1. The van der Waals surface area contributed by atoms with E-state index < -0.39 is 12.0 Å². The highest BCUT2D eigenvalue weighted by Crippen LogP contribution is 2.22. The molecule has 0 unspecified atom stereocenters. The summed E-state index contributed by atoms with van der Waals surface area (Å²) in [5, 5.41) is 13.0. The molecule has 0 radical (unpaired) electrons. The zero-order valence-electron chi connectivity index (χ0n) is 23.0.